The van der Waals surface area contributed by atoms with Crippen LogP contribution in [0.5, 0.6) is 0 Å². The highest BCUT2D eigenvalue weighted by molar-refractivity contribution is 5.82. The molecule has 1 aliphatic rings. The van der Waals surface area contributed by atoms with Gasteiger partial charge in [0.1, 0.15) is 5.78 Å². The number of carbonyl (C=O) groups is 1. The van der Waals surface area contributed by atoms with Crippen LogP contribution in [0.1, 0.15) is 34.1 Å². The number of hydrogen-bond donors (Lipinski definition) is 0. The quantitative estimate of drug-likeness (QED) is 0.652. The van der Waals surface area contributed by atoms with Crippen molar-refractivity contribution < 1.29 is 4.79 Å². The smallest absolute Gasteiger partial charge is 0.138 e. The second-order valence-electron chi connectivity index (χ2n) is 4.63. The highest BCUT2D eigenvalue weighted by Gasteiger charge is 2.30. The standard InChI is InChI=1S/C11H21NO/c1-8(2)7-12-6-5-11(13)9(3)10(12)4/h8-10H,5-7H2,1-4H3. The molecule has 1 heterocycles. The third kappa shape index (κ3) is 2.53. The molecule has 0 bridgehead atoms. The van der Waals surface area contributed by atoms with Crippen molar-refractivity contribution in [1.29, 1.82) is 0 Å². The molecule has 0 aliphatic carbocycles. The molecule has 2 nitrogen and oxygen atoms in total. The lowest BCUT2D eigenvalue weighted by molar-refractivity contribution is -0.128. The maximum absolute atomic E-state index is 11.4. The SMILES string of the molecule is CC(C)CN1CCC(=O)C(C)C1C. The van der Waals surface area contributed by atoms with Gasteiger partial charge in [0, 0.05) is 31.5 Å². The average molecular weight is 183 g/mol. The Morgan fingerprint density at radius 3 is 2.62 bits per heavy atom. The van der Waals surface area contributed by atoms with Crippen molar-refractivity contribution in [3.05, 3.63) is 0 Å². The molecule has 0 aromatic heterocycles. The minimum atomic E-state index is 0.229. The largest absolute Gasteiger partial charge is 0.299 e. The molecule has 1 aliphatic heterocycles. The van der Waals surface area contributed by atoms with Gasteiger partial charge in [-0.2, -0.15) is 0 Å². The molecule has 0 N–H and O–H groups in total. The lowest BCUT2D eigenvalue weighted by Crippen LogP contribution is -2.48. The molecule has 1 saturated heterocycles. The molecule has 2 unspecified atom stereocenters. The number of carbonyl (C=O) groups excluding carboxylic acids is 1. The summed E-state index contributed by atoms with van der Waals surface area (Å²) in [6.45, 7) is 10.8. The third-order valence-corrected chi connectivity index (χ3v) is 3.05. The Balaban J connectivity index is 2.53. The fourth-order valence-electron chi connectivity index (χ4n) is 2.00. The summed E-state index contributed by atoms with van der Waals surface area (Å²) in [5, 5.41) is 0. The van der Waals surface area contributed by atoms with Crippen LogP contribution in [-0.4, -0.2) is 29.8 Å². The zero-order chi connectivity index (χ0) is 10.0. The van der Waals surface area contributed by atoms with Gasteiger partial charge in [-0.25, -0.2) is 0 Å². The summed E-state index contributed by atoms with van der Waals surface area (Å²) in [5.74, 6) is 1.36. The van der Waals surface area contributed by atoms with Crippen LogP contribution < -0.4 is 0 Å². The summed E-state index contributed by atoms with van der Waals surface area (Å²) in [6, 6.07) is 0.434. The van der Waals surface area contributed by atoms with Gasteiger partial charge in [-0.05, 0) is 12.8 Å². The van der Waals surface area contributed by atoms with Gasteiger partial charge in [-0.1, -0.05) is 20.8 Å². The Morgan fingerprint density at radius 1 is 1.46 bits per heavy atom. The van der Waals surface area contributed by atoms with Gasteiger partial charge in [-0.3, -0.25) is 9.69 Å². The highest BCUT2D eigenvalue weighted by atomic mass is 16.1. The molecule has 2 heteroatoms. The third-order valence-electron chi connectivity index (χ3n) is 3.05. The number of piperidine rings is 1. The number of ketones is 1. The molecule has 0 aromatic carbocycles. The van der Waals surface area contributed by atoms with E-state index in [1.807, 2.05) is 0 Å². The molecule has 0 saturated carbocycles. The zero-order valence-electron chi connectivity index (χ0n) is 9.21. The summed E-state index contributed by atoms with van der Waals surface area (Å²) < 4.78 is 0. The number of rotatable bonds is 2. The van der Waals surface area contributed by atoms with E-state index in [-0.39, 0.29) is 5.92 Å². The van der Waals surface area contributed by atoms with E-state index in [1.165, 1.54) is 0 Å². The topological polar surface area (TPSA) is 20.3 Å². The minimum Gasteiger partial charge on any atom is -0.299 e. The van der Waals surface area contributed by atoms with Gasteiger partial charge in [0.05, 0.1) is 0 Å². The fraction of sp³-hybridized carbons (Fsp3) is 0.909. The maximum Gasteiger partial charge on any atom is 0.138 e. The first-order chi connectivity index (χ1) is 6.02. The van der Waals surface area contributed by atoms with Crippen molar-refractivity contribution in [2.75, 3.05) is 13.1 Å². The van der Waals surface area contributed by atoms with E-state index in [4.69, 9.17) is 0 Å². The molecule has 2 atom stereocenters. The van der Waals surface area contributed by atoms with Crippen molar-refractivity contribution in [1.82, 2.24) is 4.90 Å². The number of nitrogens with zero attached hydrogens (tertiary/aromatic N) is 1. The molecule has 1 rings (SSSR count). The molecule has 0 aromatic rings. The summed E-state index contributed by atoms with van der Waals surface area (Å²) in [7, 11) is 0. The average Bonchev–Trinajstić information content (AvgIpc) is 2.06. The van der Waals surface area contributed by atoms with E-state index < -0.39 is 0 Å². The van der Waals surface area contributed by atoms with Crippen molar-refractivity contribution in [2.24, 2.45) is 11.8 Å². The van der Waals surface area contributed by atoms with Gasteiger partial charge < -0.3 is 0 Å². The Bertz CT molecular complexity index is 189. The van der Waals surface area contributed by atoms with Gasteiger partial charge in [0.25, 0.3) is 0 Å². The van der Waals surface area contributed by atoms with Crippen molar-refractivity contribution in [2.45, 2.75) is 40.2 Å². The molecule has 0 radical (unpaired) electrons. The Kier molecular flexibility index (Phi) is 3.48. The van der Waals surface area contributed by atoms with Gasteiger partial charge in [0.2, 0.25) is 0 Å². The molecule has 0 amide bonds. The first-order valence-corrected chi connectivity index (χ1v) is 5.29. The van der Waals surface area contributed by atoms with Gasteiger partial charge in [0.15, 0.2) is 0 Å². The normalized spacial score (nSPS) is 31.3. The van der Waals surface area contributed by atoms with Crippen LogP contribution in [0.4, 0.5) is 0 Å². The van der Waals surface area contributed by atoms with Crippen LogP contribution in [0.25, 0.3) is 0 Å². The van der Waals surface area contributed by atoms with E-state index in [0.29, 0.717) is 17.7 Å². The zero-order valence-corrected chi connectivity index (χ0v) is 9.21. The summed E-state index contributed by atoms with van der Waals surface area (Å²) in [4.78, 5) is 13.9. The number of likely N-dealkylation sites (tertiary alicyclic amines) is 1. The minimum absolute atomic E-state index is 0.229. The molecular weight excluding hydrogens is 162 g/mol. The van der Waals surface area contributed by atoms with Crippen LogP contribution in [0, 0.1) is 11.8 Å². The van der Waals surface area contributed by atoms with Gasteiger partial charge in [-0.15, -0.1) is 0 Å². The predicted octanol–water partition coefficient (Wildman–Crippen LogP) is 1.94. The van der Waals surface area contributed by atoms with E-state index in [9.17, 15) is 4.79 Å². The summed E-state index contributed by atoms with van der Waals surface area (Å²) >= 11 is 0. The summed E-state index contributed by atoms with van der Waals surface area (Å²) in [6.07, 6.45) is 0.748. The van der Waals surface area contributed by atoms with Crippen LogP contribution >= 0.6 is 0 Å². The lowest BCUT2D eigenvalue weighted by atomic mass is 9.90. The fourth-order valence-corrected chi connectivity index (χ4v) is 2.00. The monoisotopic (exact) mass is 183 g/mol. The predicted molar refractivity (Wildman–Crippen MR) is 54.7 cm³/mol. The molecule has 0 spiro atoms. The number of hydrogen-bond acceptors (Lipinski definition) is 2. The summed E-state index contributed by atoms with van der Waals surface area (Å²) in [5.41, 5.74) is 0. The first kappa shape index (κ1) is 10.7. The van der Waals surface area contributed by atoms with Crippen molar-refractivity contribution in [3.8, 4) is 0 Å². The molecule has 76 valence electrons. The van der Waals surface area contributed by atoms with E-state index in [1.54, 1.807) is 0 Å². The van der Waals surface area contributed by atoms with E-state index >= 15 is 0 Å². The van der Waals surface area contributed by atoms with Crippen LogP contribution in [0.15, 0.2) is 0 Å². The molecule has 13 heavy (non-hydrogen) atoms. The van der Waals surface area contributed by atoms with Crippen LogP contribution in [0.2, 0.25) is 0 Å². The first-order valence-electron chi connectivity index (χ1n) is 5.29. The Hall–Kier alpha value is -0.370. The van der Waals surface area contributed by atoms with Crippen molar-refractivity contribution in [3.63, 3.8) is 0 Å². The van der Waals surface area contributed by atoms with E-state index in [2.05, 4.69) is 32.6 Å². The second kappa shape index (κ2) is 4.23. The molecular formula is C11H21NO. The van der Waals surface area contributed by atoms with Crippen molar-refractivity contribution >= 4 is 5.78 Å². The van der Waals surface area contributed by atoms with E-state index in [0.717, 1.165) is 19.5 Å². The molecule has 1 fully saturated rings. The van der Waals surface area contributed by atoms with Crippen LogP contribution in [-0.2, 0) is 4.79 Å². The van der Waals surface area contributed by atoms with Crippen LogP contribution in [0.3, 0.4) is 0 Å². The highest BCUT2D eigenvalue weighted by Crippen LogP contribution is 2.20. The van der Waals surface area contributed by atoms with Gasteiger partial charge >= 0.3 is 0 Å². The second-order valence-corrected chi connectivity index (χ2v) is 4.63. The Morgan fingerprint density at radius 2 is 2.08 bits per heavy atom. The Labute approximate surface area is 81.3 Å². The maximum atomic E-state index is 11.4. The number of Topliss-reactive ketones (excluding diaryl/α,β-unsaturated/α-hetero) is 1. The lowest BCUT2D eigenvalue weighted by Gasteiger charge is -2.37.